The third-order valence-electron chi connectivity index (χ3n) is 11.9. The summed E-state index contributed by atoms with van der Waals surface area (Å²) in [4.78, 5) is 16.4. The molecule has 4 atom stereocenters. The normalized spacial score (nSPS) is 25.6. The summed E-state index contributed by atoms with van der Waals surface area (Å²) in [5.74, 6) is 1.75. The van der Waals surface area contributed by atoms with Crippen LogP contribution in [0.2, 0.25) is 0 Å². The number of phenolic OH excluding ortho intramolecular Hbond substituents is 1. The largest absolute Gasteiger partial charge is 0.508 e. The summed E-state index contributed by atoms with van der Waals surface area (Å²) in [6.07, 6.45) is 9.29. The molecule has 0 aliphatic carbocycles. The lowest BCUT2D eigenvalue weighted by Crippen LogP contribution is -2.54. The number of halogens is 3. The number of rotatable bonds is 9. The molecule has 9 rings (SSSR count). The van der Waals surface area contributed by atoms with Gasteiger partial charge in [-0.2, -0.15) is 9.97 Å². The van der Waals surface area contributed by atoms with E-state index in [1.54, 1.807) is 13.0 Å². The number of anilines is 1. The zero-order valence-corrected chi connectivity index (χ0v) is 29.4. The first-order valence-electron chi connectivity index (χ1n) is 19.8. The molecule has 1 N–H and O–H groups in total. The third kappa shape index (κ3) is 5.58. The molecule has 12 heteroatoms. The number of nitrogens with zero attached hydrogens (tertiary/aromatic N) is 5. The molecule has 6 heterocycles. The Morgan fingerprint density at radius 1 is 1.13 bits per heavy atom. The van der Waals surface area contributed by atoms with Gasteiger partial charge in [-0.05, 0) is 75.2 Å². The molecule has 4 aliphatic heterocycles. The summed E-state index contributed by atoms with van der Waals surface area (Å²) in [7, 11) is -2.44. The lowest BCUT2D eigenvalue weighted by molar-refractivity contribution is 0.107. The second-order valence-corrected chi connectivity index (χ2v) is 15.1. The van der Waals surface area contributed by atoms with Crippen molar-refractivity contribution in [2.45, 2.75) is 69.2 Å². The van der Waals surface area contributed by atoms with Gasteiger partial charge in [0.1, 0.15) is 47.0 Å². The van der Waals surface area contributed by atoms with Gasteiger partial charge in [0, 0.05) is 74.7 Å². The van der Waals surface area contributed by atoms with E-state index in [1.807, 2.05) is 0 Å². The molecule has 0 saturated carbocycles. The molecule has 276 valence electrons. The standard InChI is InChI=1S/C41H42F3N5O4/c1-4-29-32(43)10-7-24-16-28(50)17-30(33(24)29)34-36(44)37-35(31-15-23(2)53-38(31)34)39(47-20-26-8-9-27(21-47)49(26)13-6-14-51-3)46-40(45-37)52-22-41-11-5-12-48(41)19-25(42)18-41/h1,7,10,15-17,25-27,50H,5-6,8-9,11-14,18-22H2,2-3H3/t25-,26-,27+,41+/m1/s1/i3D3. The fourth-order valence-electron chi connectivity index (χ4n) is 9.73. The number of terminal acetylenes is 1. The maximum atomic E-state index is 17.7. The number of fused-ring (bicyclic) bond motifs is 7. The number of alkyl halides is 1. The number of hydrogen-bond donors (Lipinski definition) is 1. The molecule has 53 heavy (non-hydrogen) atoms. The van der Waals surface area contributed by atoms with E-state index in [0.29, 0.717) is 66.8 Å². The topological polar surface area (TPSA) is 87.3 Å². The first-order chi connectivity index (χ1) is 26.8. The van der Waals surface area contributed by atoms with E-state index in [-0.39, 0.29) is 70.2 Å². The molecule has 9 nitrogen and oxygen atoms in total. The van der Waals surface area contributed by atoms with Crippen molar-refractivity contribution in [3.05, 3.63) is 53.3 Å². The second kappa shape index (κ2) is 13.1. The molecule has 0 spiro atoms. The van der Waals surface area contributed by atoms with Crippen LogP contribution in [0, 0.1) is 30.9 Å². The Bertz CT molecular complexity index is 2410. The van der Waals surface area contributed by atoms with Crippen LogP contribution in [0.5, 0.6) is 11.8 Å². The Kier molecular flexibility index (Phi) is 7.61. The molecule has 5 aromatic rings. The number of aromatic nitrogens is 2. The van der Waals surface area contributed by atoms with Crippen molar-refractivity contribution in [3.8, 4) is 35.2 Å². The number of piperazine rings is 1. The highest BCUT2D eigenvalue weighted by Gasteiger charge is 2.49. The van der Waals surface area contributed by atoms with Crippen LogP contribution in [0.3, 0.4) is 0 Å². The van der Waals surface area contributed by atoms with E-state index < -0.39 is 30.4 Å². The zero-order valence-electron chi connectivity index (χ0n) is 32.4. The van der Waals surface area contributed by atoms with Crippen molar-refractivity contribution < 1.29 is 36.3 Å². The van der Waals surface area contributed by atoms with E-state index in [9.17, 15) is 9.50 Å². The fourth-order valence-corrected chi connectivity index (χ4v) is 9.73. The number of aromatic hydroxyl groups is 1. The molecule has 4 fully saturated rings. The summed E-state index contributed by atoms with van der Waals surface area (Å²) < 4.78 is 87.5. The molecule has 2 aromatic heterocycles. The van der Waals surface area contributed by atoms with Gasteiger partial charge in [0.2, 0.25) is 0 Å². The van der Waals surface area contributed by atoms with Gasteiger partial charge in [-0.1, -0.05) is 12.0 Å². The average molecular weight is 729 g/mol. The molecule has 3 aromatic carbocycles. The van der Waals surface area contributed by atoms with Gasteiger partial charge < -0.3 is 23.9 Å². The minimum atomic E-state index is -2.44. The monoisotopic (exact) mass is 728 g/mol. The fraction of sp³-hybridized carbons (Fsp3) is 0.463. The quantitative estimate of drug-likeness (QED) is 0.126. The molecular formula is C41H42F3N5O4. The molecule has 4 saturated heterocycles. The van der Waals surface area contributed by atoms with Crippen molar-refractivity contribution in [3.63, 3.8) is 0 Å². The third-order valence-corrected chi connectivity index (χ3v) is 11.9. The highest BCUT2D eigenvalue weighted by Crippen LogP contribution is 2.47. The predicted octanol–water partition coefficient (Wildman–Crippen LogP) is 7.11. The molecule has 0 amide bonds. The van der Waals surface area contributed by atoms with E-state index in [1.165, 1.54) is 24.3 Å². The van der Waals surface area contributed by atoms with Gasteiger partial charge in [0.15, 0.2) is 5.82 Å². The van der Waals surface area contributed by atoms with Gasteiger partial charge in [-0.3, -0.25) is 9.80 Å². The maximum Gasteiger partial charge on any atom is 0.319 e. The Hall–Kier alpha value is -4.57. The van der Waals surface area contributed by atoms with Crippen LogP contribution >= 0.6 is 0 Å². The lowest BCUT2D eigenvalue weighted by atomic mass is 9.91. The first kappa shape index (κ1) is 30.8. The van der Waals surface area contributed by atoms with Gasteiger partial charge >= 0.3 is 6.01 Å². The van der Waals surface area contributed by atoms with E-state index in [0.717, 1.165) is 32.2 Å². The highest BCUT2D eigenvalue weighted by molar-refractivity contribution is 6.18. The number of phenols is 1. The first-order valence-corrected chi connectivity index (χ1v) is 18.3. The number of hydrogen-bond acceptors (Lipinski definition) is 9. The van der Waals surface area contributed by atoms with E-state index in [4.69, 9.17) is 34.4 Å². The highest BCUT2D eigenvalue weighted by atomic mass is 19.1. The summed E-state index contributed by atoms with van der Waals surface area (Å²) in [6, 6.07) is 7.50. The molecule has 2 bridgehead atoms. The molecular weight excluding hydrogens is 683 g/mol. The van der Waals surface area contributed by atoms with Gasteiger partial charge in [-0.15, -0.1) is 6.42 Å². The Balaban J connectivity index is 1.19. The van der Waals surface area contributed by atoms with Crippen LogP contribution < -0.4 is 9.64 Å². The average Bonchev–Trinajstić information content (AvgIpc) is 3.87. The Labute approximate surface area is 309 Å². The Morgan fingerprint density at radius 2 is 1.96 bits per heavy atom. The van der Waals surface area contributed by atoms with Crippen molar-refractivity contribution in [2.75, 3.05) is 57.9 Å². The van der Waals surface area contributed by atoms with Gasteiger partial charge in [0.05, 0.1) is 26.2 Å². The number of benzene rings is 3. The van der Waals surface area contributed by atoms with Crippen LogP contribution in [0.15, 0.2) is 34.7 Å². The minimum Gasteiger partial charge on any atom is -0.508 e. The number of aryl methyl sites for hydroxylation is 1. The van der Waals surface area contributed by atoms with Crippen molar-refractivity contribution >= 4 is 38.5 Å². The van der Waals surface area contributed by atoms with E-state index in [2.05, 4.69) is 20.6 Å². The maximum absolute atomic E-state index is 17.7. The van der Waals surface area contributed by atoms with Crippen LogP contribution in [0.25, 0.3) is 43.8 Å². The molecule has 4 aliphatic rings. The van der Waals surface area contributed by atoms with Crippen LogP contribution in [0.4, 0.5) is 19.0 Å². The summed E-state index contributed by atoms with van der Waals surface area (Å²) in [5, 5.41) is 12.5. The number of furan rings is 1. The van der Waals surface area contributed by atoms with Crippen LogP contribution in [-0.4, -0.2) is 102 Å². The van der Waals surface area contributed by atoms with Crippen molar-refractivity contribution in [1.29, 1.82) is 0 Å². The van der Waals surface area contributed by atoms with Crippen molar-refractivity contribution in [1.82, 2.24) is 19.8 Å². The minimum absolute atomic E-state index is 0.0417. The number of methoxy groups -OCH3 is 1. The molecule has 0 radical (unpaired) electrons. The summed E-state index contributed by atoms with van der Waals surface area (Å²) in [5.41, 5.74) is -0.361. The van der Waals surface area contributed by atoms with Crippen LogP contribution in [0.1, 0.15) is 54.0 Å². The number of ether oxygens (including phenoxy) is 2. The zero-order chi connectivity index (χ0) is 39.1. The van der Waals surface area contributed by atoms with Crippen LogP contribution in [-0.2, 0) is 4.74 Å². The summed E-state index contributed by atoms with van der Waals surface area (Å²) >= 11 is 0. The molecule has 0 unspecified atom stereocenters. The van der Waals surface area contributed by atoms with Gasteiger partial charge in [0.25, 0.3) is 0 Å². The smallest absolute Gasteiger partial charge is 0.319 e. The Morgan fingerprint density at radius 3 is 2.75 bits per heavy atom. The SMILES string of the molecule is [2H]C([2H])([2H])OCCCN1[C@@H]2CC[C@H]1CN(c1nc(OC[C@@]34CCCN3C[C@H](F)C4)nc3c(F)c(-c4cc(O)cc5ccc(F)c(C#C)c45)c4oc(C)cc4c13)C2. The lowest BCUT2D eigenvalue weighted by Gasteiger charge is -2.42. The second-order valence-electron chi connectivity index (χ2n) is 15.1. The predicted molar refractivity (Wildman–Crippen MR) is 197 cm³/mol. The summed E-state index contributed by atoms with van der Waals surface area (Å²) in [6.45, 7) is 4.93. The van der Waals surface area contributed by atoms with Crippen molar-refractivity contribution in [2.24, 2.45) is 0 Å². The van der Waals surface area contributed by atoms with Gasteiger partial charge in [-0.25, -0.2) is 13.2 Å². The van der Waals surface area contributed by atoms with E-state index >= 15 is 8.78 Å².